The summed E-state index contributed by atoms with van der Waals surface area (Å²) in [5.41, 5.74) is 2.84. The first kappa shape index (κ1) is 16.5. The van der Waals surface area contributed by atoms with E-state index in [0.29, 0.717) is 23.5 Å². The second-order valence-corrected chi connectivity index (χ2v) is 5.84. The van der Waals surface area contributed by atoms with Gasteiger partial charge < -0.3 is 10.6 Å². The van der Waals surface area contributed by atoms with E-state index in [2.05, 4.69) is 16.7 Å². The SMILES string of the molecule is Cc1cc(C#N)ccc1Nc1c(NCCc2ccccc2)c(=O)c1=O. The van der Waals surface area contributed by atoms with Crippen LogP contribution in [-0.2, 0) is 6.42 Å². The highest BCUT2D eigenvalue weighted by atomic mass is 16.2. The van der Waals surface area contributed by atoms with E-state index in [9.17, 15) is 9.59 Å². The molecule has 0 unspecified atom stereocenters. The zero-order valence-corrected chi connectivity index (χ0v) is 13.8. The van der Waals surface area contributed by atoms with Crippen LogP contribution in [0, 0.1) is 18.3 Å². The molecular weight excluding hydrogens is 314 g/mol. The van der Waals surface area contributed by atoms with E-state index >= 15 is 0 Å². The molecule has 0 aliphatic carbocycles. The van der Waals surface area contributed by atoms with Gasteiger partial charge in [-0.25, -0.2) is 0 Å². The summed E-state index contributed by atoms with van der Waals surface area (Å²) in [6.45, 7) is 2.41. The van der Waals surface area contributed by atoms with Gasteiger partial charge in [-0.15, -0.1) is 0 Å². The average Bonchev–Trinajstić information content (AvgIpc) is 2.65. The smallest absolute Gasteiger partial charge is 0.253 e. The molecule has 3 aromatic rings. The first-order valence-corrected chi connectivity index (χ1v) is 7.99. The number of hydrogen-bond acceptors (Lipinski definition) is 5. The molecule has 0 spiro atoms. The van der Waals surface area contributed by atoms with E-state index in [1.165, 1.54) is 0 Å². The summed E-state index contributed by atoms with van der Waals surface area (Å²) in [5, 5.41) is 15.0. The van der Waals surface area contributed by atoms with Crippen LogP contribution in [0.4, 0.5) is 17.1 Å². The van der Waals surface area contributed by atoms with Crippen molar-refractivity contribution >= 4 is 17.1 Å². The van der Waals surface area contributed by atoms with Gasteiger partial charge in [0.1, 0.15) is 11.4 Å². The monoisotopic (exact) mass is 331 g/mol. The molecular formula is C20H17N3O2. The fourth-order valence-corrected chi connectivity index (χ4v) is 2.66. The molecule has 2 N–H and O–H groups in total. The van der Waals surface area contributed by atoms with Gasteiger partial charge in [-0.3, -0.25) is 9.59 Å². The number of nitriles is 1. The third-order valence-electron chi connectivity index (χ3n) is 4.08. The lowest BCUT2D eigenvalue weighted by Gasteiger charge is -2.16. The van der Waals surface area contributed by atoms with Crippen molar-refractivity contribution in [2.75, 3.05) is 17.2 Å². The van der Waals surface area contributed by atoms with Crippen molar-refractivity contribution in [3.8, 4) is 6.07 Å². The van der Waals surface area contributed by atoms with E-state index in [1.54, 1.807) is 18.2 Å². The second kappa shape index (κ2) is 7.02. The molecule has 0 saturated heterocycles. The molecule has 0 heterocycles. The van der Waals surface area contributed by atoms with Crippen LogP contribution in [0.1, 0.15) is 16.7 Å². The predicted molar refractivity (Wildman–Crippen MR) is 99.2 cm³/mol. The van der Waals surface area contributed by atoms with E-state index in [-0.39, 0.29) is 5.69 Å². The molecule has 0 atom stereocenters. The molecule has 0 fully saturated rings. The summed E-state index contributed by atoms with van der Waals surface area (Å²) in [6.07, 6.45) is 0.759. The van der Waals surface area contributed by atoms with Crippen LogP contribution >= 0.6 is 0 Å². The summed E-state index contributed by atoms with van der Waals surface area (Å²) in [5.74, 6) is 0. The van der Waals surface area contributed by atoms with Crippen LogP contribution < -0.4 is 21.5 Å². The van der Waals surface area contributed by atoms with E-state index in [4.69, 9.17) is 5.26 Å². The molecule has 3 aromatic carbocycles. The standard InChI is InChI=1S/C20H17N3O2/c1-13-11-15(12-21)7-8-16(13)23-18-17(19(24)20(18)25)22-10-9-14-5-3-2-4-6-14/h2-8,11,22-23H,9-10H2,1H3. The van der Waals surface area contributed by atoms with Gasteiger partial charge in [0.2, 0.25) is 0 Å². The van der Waals surface area contributed by atoms with Gasteiger partial charge in [0, 0.05) is 12.2 Å². The van der Waals surface area contributed by atoms with Crippen molar-refractivity contribution < 1.29 is 0 Å². The Bertz CT molecular complexity index is 1010. The minimum atomic E-state index is -0.522. The number of nitrogens with zero attached hydrogens (tertiary/aromatic N) is 1. The van der Waals surface area contributed by atoms with Crippen LogP contribution in [0.25, 0.3) is 0 Å². The Labute approximate surface area is 145 Å². The van der Waals surface area contributed by atoms with E-state index < -0.39 is 10.9 Å². The fourth-order valence-electron chi connectivity index (χ4n) is 2.66. The van der Waals surface area contributed by atoms with E-state index in [1.807, 2.05) is 37.3 Å². The highest BCUT2D eigenvalue weighted by Crippen LogP contribution is 2.24. The molecule has 0 saturated carbocycles. The maximum absolute atomic E-state index is 11.9. The van der Waals surface area contributed by atoms with Gasteiger partial charge >= 0.3 is 0 Å². The molecule has 0 amide bonds. The Morgan fingerprint density at radius 2 is 1.72 bits per heavy atom. The molecule has 0 bridgehead atoms. The highest BCUT2D eigenvalue weighted by Gasteiger charge is 2.21. The number of nitrogens with one attached hydrogen (secondary N) is 2. The molecule has 0 aromatic heterocycles. The Morgan fingerprint density at radius 3 is 2.40 bits per heavy atom. The summed E-state index contributed by atoms with van der Waals surface area (Å²) in [6, 6.07) is 17.1. The molecule has 124 valence electrons. The third-order valence-corrected chi connectivity index (χ3v) is 4.08. The summed E-state index contributed by atoms with van der Waals surface area (Å²) in [7, 11) is 0. The summed E-state index contributed by atoms with van der Waals surface area (Å²) >= 11 is 0. The first-order chi connectivity index (χ1) is 12.1. The lowest BCUT2D eigenvalue weighted by Crippen LogP contribution is -2.37. The molecule has 0 aliphatic heterocycles. The second-order valence-electron chi connectivity index (χ2n) is 5.84. The van der Waals surface area contributed by atoms with Gasteiger partial charge in [0.15, 0.2) is 0 Å². The normalized spacial score (nSPS) is 10.4. The van der Waals surface area contributed by atoms with Crippen molar-refractivity contribution in [1.29, 1.82) is 5.26 Å². The molecule has 0 aliphatic rings. The maximum Gasteiger partial charge on any atom is 0.253 e. The summed E-state index contributed by atoms with van der Waals surface area (Å²) < 4.78 is 0. The van der Waals surface area contributed by atoms with Crippen LogP contribution in [0.2, 0.25) is 0 Å². The molecule has 3 rings (SSSR count). The van der Waals surface area contributed by atoms with Gasteiger partial charge in [-0.05, 0) is 42.7 Å². The van der Waals surface area contributed by atoms with Crippen LogP contribution in [-0.4, -0.2) is 6.54 Å². The fraction of sp³-hybridized carbons (Fsp3) is 0.150. The highest BCUT2D eigenvalue weighted by molar-refractivity contribution is 5.79. The Kier molecular flexibility index (Phi) is 4.62. The lowest BCUT2D eigenvalue weighted by atomic mass is 10.1. The molecule has 5 heteroatoms. The van der Waals surface area contributed by atoms with Crippen LogP contribution in [0.5, 0.6) is 0 Å². The number of aryl methyl sites for hydroxylation is 1. The number of benzene rings is 2. The van der Waals surface area contributed by atoms with Crippen LogP contribution in [0.15, 0.2) is 58.1 Å². The minimum Gasteiger partial charge on any atom is -0.380 e. The zero-order valence-electron chi connectivity index (χ0n) is 13.8. The van der Waals surface area contributed by atoms with Gasteiger partial charge in [0.05, 0.1) is 11.6 Å². The number of rotatable bonds is 6. The van der Waals surface area contributed by atoms with Crippen molar-refractivity contribution in [2.24, 2.45) is 0 Å². The minimum absolute atomic E-state index is 0.283. The maximum atomic E-state index is 11.9. The lowest BCUT2D eigenvalue weighted by molar-refractivity contribution is 1.01. The van der Waals surface area contributed by atoms with E-state index in [0.717, 1.165) is 17.5 Å². The van der Waals surface area contributed by atoms with Gasteiger partial charge in [-0.2, -0.15) is 5.26 Å². The molecule has 0 radical (unpaired) electrons. The average molecular weight is 331 g/mol. The molecule has 25 heavy (non-hydrogen) atoms. The van der Waals surface area contributed by atoms with Crippen molar-refractivity contribution in [3.63, 3.8) is 0 Å². The van der Waals surface area contributed by atoms with Gasteiger partial charge in [0.25, 0.3) is 10.9 Å². The largest absolute Gasteiger partial charge is 0.380 e. The van der Waals surface area contributed by atoms with Crippen molar-refractivity contribution in [1.82, 2.24) is 0 Å². The van der Waals surface area contributed by atoms with Crippen molar-refractivity contribution in [2.45, 2.75) is 13.3 Å². The summed E-state index contributed by atoms with van der Waals surface area (Å²) in [4.78, 5) is 23.7. The number of hydrogen-bond donors (Lipinski definition) is 2. The number of anilines is 3. The molecule has 5 nitrogen and oxygen atoms in total. The Balaban J connectivity index is 1.71. The third kappa shape index (κ3) is 3.43. The quantitative estimate of drug-likeness (QED) is 0.679. The zero-order chi connectivity index (χ0) is 17.8. The predicted octanol–water partition coefficient (Wildman–Crippen LogP) is 2.86. The van der Waals surface area contributed by atoms with Gasteiger partial charge in [-0.1, -0.05) is 30.3 Å². The van der Waals surface area contributed by atoms with Crippen molar-refractivity contribution in [3.05, 3.63) is 85.7 Å². The Hall–Kier alpha value is -3.39. The topological polar surface area (TPSA) is 82.0 Å². The Morgan fingerprint density at radius 1 is 1.00 bits per heavy atom. The van der Waals surface area contributed by atoms with Crippen LogP contribution in [0.3, 0.4) is 0 Å². The first-order valence-electron chi connectivity index (χ1n) is 7.99.